The molecule has 0 rings (SSSR count). The van der Waals surface area contributed by atoms with Crippen LogP contribution in [-0.4, -0.2) is 53.3 Å². The van der Waals surface area contributed by atoms with Gasteiger partial charge in [-0.1, -0.05) is 6.92 Å². The summed E-state index contributed by atoms with van der Waals surface area (Å²) in [6, 6.07) is 0. The van der Waals surface area contributed by atoms with Gasteiger partial charge in [0, 0.05) is 28.3 Å². The fraction of sp³-hybridized carbons (Fsp3) is 1.00. The average Bonchev–Trinajstić information content (AvgIpc) is 2.07. The Kier molecular flexibility index (Phi) is 20.5. The number of aliphatic hydroxyl groups is 1. The van der Waals surface area contributed by atoms with Crippen molar-refractivity contribution in [3.63, 3.8) is 0 Å². The molecule has 0 aromatic carbocycles. The minimum Gasteiger partial charge on any atom is -0.412 e. The molecule has 0 aliphatic rings. The molecule has 150 valence electrons. The summed E-state index contributed by atoms with van der Waals surface area (Å²) in [5.41, 5.74) is -1.55. The Morgan fingerprint density at radius 1 is 0.708 bits per heavy atom. The SMILES string of the molecule is CC(C)(C)O[Si](O)(OC(C)(C)C)OC(C)(C)C.CCCO.O.O.[Ti]. The topological polar surface area (TPSA) is 131 Å². The van der Waals surface area contributed by atoms with E-state index >= 15 is 0 Å². The maximum absolute atomic E-state index is 10.5. The standard InChI is InChI=1S/C12H28O4Si.C3H8O.2H2O.Ti/c1-10(2,3)14-17(13,15-11(4,5)6)16-12(7,8)9;1-2-3-4;;;/h13H,1-9H3;4H,2-3H2,1H3;2*1H2;. The maximum atomic E-state index is 10.5. The fourth-order valence-corrected chi connectivity index (χ4v) is 3.67. The zero-order chi connectivity index (χ0) is 17.5. The van der Waals surface area contributed by atoms with Crippen LogP contribution < -0.4 is 0 Å². The van der Waals surface area contributed by atoms with E-state index in [1.165, 1.54) is 0 Å². The van der Waals surface area contributed by atoms with E-state index in [9.17, 15) is 4.80 Å². The molecular formula is C15H40O7SiTi. The van der Waals surface area contributed by atoms with Crippen molar-refractivity contribution in [2.45, 2.75) is 92.5 Å². The number of hydrogen-bond acceptors (Lipinski definition) is 5. The van der Waals surface area contributed by atoms with Crippen LogP contribution in [-0.2, 0) is 35.0 Å². The Balaban J connectivity index is -0.000000154. The van der Waals surface area contributed by atoms with Gasteiger partial charge in [-0.15, -0.1) is 0 Å². The van der Waals surface area contributed by atoms with Gasteiger partial charge in [-0.25, -0.2) is 0 Å². The molecule has 9 heteroatoms. The summed E-state index contributed by atoms with van der Waals surface area (Å²) in [6.07, 6.45) is 0.875. The van der Waals surface area contributed by atoms with Gasteiger partial charge in [-0.3, -0.25) is 0 Å². The number of hydrogen-bond donors (Lipinski definition) is 2. The molecule has 0 radical (unpaired) electrons. The van der Waals surface area contributed by atoms with Crippen molar-refractivity contribution in [2.75, 3.05) is 6.61 Å². The summed E-state index contributed by atoms with van der Waals surface area (Å²) in [7, 11) is -3.66. The van der Waals surface area contributed by atoms with Gasteiger partial charge in [-0.2, -0.15) is 0 Å². The third-order valence-electron chi connectivity index (χ3n) is 1.53. The molecule has 24 heavy (non-hydrogen) atoms. The molecule has 0 saturated heterocycles. The summed E-state index contributed by atoms with van der Waals surface area (Å²) in [4.78, 5) is 10.5. The summed E-state index contributed by atoms with van der Waals surface area (Å²) < 4.78 is 16.9. The first-order valence-electron chi connectivity index (χ1n) is 7.47. The van der Waals surface area contributed by atoms with Crippen molar-refractivity contribution < 1.29 is 55.9 Å². The van der Waals surface area contributed by atoms with Crippen molar-refractivity contribution in [2.24, 2.45) is 0 Å². The predicted octanol–water partition coefficient (Wildman–Crippen LogP) is 1.60. The molecule has 0 saturated carbocycles. The van der Waals surface area contributed by atoms with Gasteiger partial charge in [0.2, 0.25) is 0 Å². The first-order chi connectivity index (χ1) is 9.04. The third kappa shape index (κ3) is 27.5. The molecule has 0 amide bonds. The molecule has 0 aromatic heterocycles. The van der Waals surface area contributed by atoms with Crippen LogP contribution in [0.3, 0.4) is 0 Å². The molecule has 6 N–H and O–H groups in total. The Morgan fingerprint density at radius 3 is 0.958 bits per heavy atom. The second kappa shape index (κ2) is 13.8. The van der Waals surface area contributed by atoms with Crippen LogP contribution in [0.4, 0.5) is 0 Å². The summed E-state index contributed by atoms with van der Waals surface area (Å²) in [6.45, 7) is 19.0. The van der Waals surface area contributed by atoms with Gasteiger partial charge in [0.25, 0.3) is 0 Å². The Labute approximate surface area is 164 Å². The van der Waals surface area contributed by atoms with Crippen molar-refractivity contribution in [1.82, 2.24) is 0 Å². The van der Waals surface area contributed by atoms with E-state index in [-0.39, 0.29) is 32.7 Å². The average molecular weight is 408 g/mol. The van der Waals surface area contributed by atoms with E-state index in [0.717, 1.165) is 6.42 Å². The molecule has 0 aliphatic carbocycles. The normalized spacial score (nSPS) is 12.0. The van der Waals surface area contributed by atoms with Crippen molar-refractivity contribution in [3.05, 3.63) is 0 Å². The second-order valence-electron chi connectivity index (χ2n) is 7.89. The zero-order valence-electron chi connectivity index (χ0n) is 17.0. The van der Waals surface area contributed by atoms with Gasteiger partial charge in [0.05, 0.1) is 16.8 Å². The molecular weight excluding hydrogens is 368 g/mol. The van der Waals surface area contributed by atoms with Crippen molar-refractivity contribution in [3.8, 4) is 0 Å². The number of rotatable bonds is 4. The van der Waals surface area contributed by atoms with Crippen molar-refractivity contribution >= 4 is 9.05 Å². The smallest absolute Gasteiger partial charge is 0.412 e. The summed E-state index contributed by atoms with van der Waals surface area (Å²) in [5, 5.41) is 7.88. The second-order valence-corrected chi connectivity index (χ2v) is 9.55. The first-order valence-corrected chi connectivity index (χ1v) is 9.14. The van der Waals surface area contributed by atoms with Gasteiger partial charge in [0.15, 0.2) is 0 Å². The Bertz CT molecular complexity index is 240. The van der Waals surface area contributed by atoms with Crippen LogP contribution in [0.15, 0.2) is 0 Å². The van der Waals surface area contributed by atoms with Gasteiger partial charge < -0.3 is 34.1 Å². The van der Waals surface area contributed by atoms with Crippen LogP contribution in [0.25, 0.3) is 0 Å². The van der Waals surface area contributed by atoms with Crippen LogP contribution in [0, 0.1) is 0 Å². The molecule has 0 fully saturated rings. The minimum absolute atomic E-state index is 0. The fourth-order valence-electron chi connectivity index (χ4n) is 1.22. The van der Waals surface area contributed by atoms with E-state index < -0.39 is 25.9 Å². The van der Waals surface area contributed by atoms with Gasteiger partial charge >= 0.3 is 9.05 Å². The third-order valence-corrected chi connectivity index (χ3v) is 4.14. The Hall–Kier alpha value is 0.651. The van der Waals surface area contributed by atoms with Crippen LogP contribution >= 0.6 is 0 Å². The van der Waals surface area contributed by atoms with E-state index in [2.05, 4.69) is 0 Å². The minimum atomic E-state index is -3.66. The van der Waals surface area contributed by atoms with Crippen molar-refractivity contribution in [1.29, 1.82) is 0 Å². The van der Waals surface area contributed by atoms with E-state index in [4.69, 9.17) is 18.4 Å². The molecule has 0 atom stereocenters. The van der Waals surface area contributed by atoms with E-state index in [0.29, 0.717) is 6.61 Å². The molecule has 0 heterocycles. The van der Waals surface area contributed by atoms with E-state index in [1.807, 2.05) is 69.2 Å². The quantitative estimate of drug-likeness (QED) is 0.682. The maximum Gasteiger partial charge on any atom is 0.678 e. The molecule has 0 bridgehead atoms. The molecule has 0 unspecified atom stereocenters. The van der Waals surface area contributed by atoms with Gasteiger partial charge in [0.1, 0.15) is 0 Å². The van der Waals surface area contributed by atoms with Crippen LogP contribution in [0.2, 0.25) is 0 Å². The zero-order valence-corrected chi connectivity index (χ0v) is 19.6. The predicted molar refractivity (Wildman–Crippen MR) is 95.1 cm³/mol. The van der Waals surface area contributed by atoms with Gasteiger partial charge in [-0.05, 0) is 68.7 Å². The molecule has 0 aromatic rings. The monoisotopic (exact) mass is 408 g/mol. The molecule has 7 nitrogen and oxygen atoms in total. The van der Waals surface area contributed by atoms with Crippen LogP contribution in [0.1, 0.15) is 75.7 Å². The molecule has 0 aliphatic heterocycles. The summed E-state index contributed by atoms with van der Waals surface area (Å²) >= 11 is 0. The largest absolute Gasteiger partial charge is 0.678 e. The molecule has 0 spiro atoms. The first kappa shape index (κ1) is 35.7. The number of aliphatic hydroxyl groups excluding tert-OH is 1. The summed E-state index contributed by atoms with van der Waals surface area (Å²) in [5.74, 6) is 0. The Morgan fingerprint density at radius 2 is 0.875 bits per heavy atom. The van der Waals surface area contributed by atoms with Crippen LogP contribution in [0.5, 0.6) is 0 Å². The van der Waals surface area contributed by atoms with E-state index in [1.54, 1.807) is 0 Å².